The second-order valence-corrected chi connectivity index (χ2v) is 6.15. The number of anilines is 1. The number of benzene rings is 2. The van der Waals surface area contributed by atoms with Crippen molar-refractivity contribution < 1.29 is 4.79 Å². The predicted octanol–water partition coefficient (Wildman–Crippen LogP) is 3.16. The van der Waals surface area contributed by atoms with Crippen molar-refractivity contribution in [1.29, 1.82) is 0 Å². The van der Waals surface area contributed by atoms with Crippen molar-refractivity contribution >= 4 is 47.3 Å². The topological polar surface area (TPSA) is 94.0 Å². The molecule has 3 rings (SSSR count). The van der Waals surface area contributed by atoms with Gasteiger partial charge in [-0.2, -0.15) is 0 Å². The molecule has 1 heterocycles. The molecule has 0 radical (unpaired) electrons. The van der Waals surface area contributed by atoms with Crippen molar-refractivity contribution in [3.8, 4) is 0 Å². The molecule has 1 aromatic heterocycles. The zero-order valence-corrected chi connectivity index (χ0v) is 16.6. The van der Waals surface area contributed by atoms with E-state index in [1.807, 2.05) is 37.3 Å². The number of hydrogen-bond acceptors (Lipinski definition) is 4. The van der Waals surface area contributed by atoms with Crippen LogP contribution in [0.5, 0.6) is 0 Å². The summed E-state index contributed by atoms with van der Waals surface area (Å²) in [5.41, 5.74) is 14.6. The van der Waals surface area contributed by atoms with Crippen LogP contribution in [0.1, 0.15) is 16.8 Å². The number of fused-ring (bicyclic) bond motifs is 1. The van der Waals surface area contributed by atoms with Gasteiger partial charge in [-0.25, -0.2) is 4.98 Å². The molecule has 3 aromatic rings. The van der Waals surface area contributed by atoms with Gasteiger partial charge in [0.05, 0.1) is 6.04 Å². The fourth-order valence-corrected chi connectivity index (χ4v) is 2.91. The van der Waals surface area contributed by atoms with Gasteiger partial charge in [-0.3, -0.25) is 4.79 Å². The smallest absolute Gasteiger partial charge is 0.237 e. The molecule has 0 bridgehead atoms. The standard InChI is InChI=1S/C20H22N4O.2ClH/c1-13-16(9-10-19(22)24-13)12-23-20(25)18(21)11-15-7-4-6-14-5-2-3-8-17(14)15;;/h2-10,18H,11-12,21H2,1H3,(H2,22,24)(H,23,25);2*1H/t18-;;/m0../s1. The Balaban J connectivity index is 0.00000182. The highest BCUT2D eigenvalue weighted by Crippen LogP contribution is 2.19. The van der Waals surface area contributed by atoms with Gasteiger partial charge < -0.3 is 16.8 Å². The molecule has 5 N–H and O–H groups in total. The Kier molecular flexibility index (Phi) is 8.50. The normalized spacial score (nSPS) is 11.2. The van der Waals surface area contributed by atoms with Crippen LogP contribution in [0.2, 0.25) is 0 Å². The third-order valence-electron chi connectivity index (χ3n) is 4.33. The second kappa shape index (κ2) is 10.1. The lowest BCUT2D eigenvalue weighted by molar-refractivity contribution is -0.122. The number of amides is 1. The molecule has 27 heavy (non-hydrogen) atoms. The SMILES string of the molecule is Cc1nc(N)ccc1CNC(=O)[C@@H](N)Cc1cccc2ccccc12.Cl.Cl. The second-order valence-electron chi connectivity index (χ2n) is 6.15. The van der Waals surface area contributed by atoms with Crippen molar-refractivity contribution in [1.82, 2.24) is 10.3 Å². The number of nitrogens with zero attached hydrogens (tertiary/aromatic N) is 1. The highest BCUT2D eigenvalue weighted by molar-refractivity contribution is 5.87. The molecule has 0 fully saturated rings. The van der Waals surface area contributed by atoms with Gasteiger partial charge in [0.1, 0.15) is 5.82 Å². The Hall–Kier alpha value is -2.34. The van der Waals surface area contributed by atoms with Gasteiger partial charge in [0.15, 0.2) is 0 Å². The van der Waals surface area contributed by atoms with E-state index in [2.05, 4.69) is 28.5 Å². The number of carbonyl (C=O) groups is 1. The lowest BCUT2D eigenvalue weighted by Gasteiger charge is -2.14. The van der Waals surface area contributed by atoms with Crippen LogP contribution in [0.25, 0.3) is 10.8 Å². The van der Waals surface area contributed by atoms with Gasteiger partial charge in [-0.05, 0) is 41.3 Å². The van der Waals surface area contributed by atoms with E-state index >= 15 is 0 Å². The van der Waals surface area contributed by atoms with Crippen molar-refractivity contribution in [2.45, 2.75) is 25.9 Å². The first-order chi connectivity index (χ1) is 12.0. The van der Waals surface area contributed by atoms with Crippen molar-refractivity contribution in [3.05, 3.63) is 71.4 Å². The van der Waals surface area contributed by atoms with E-state index in [0.29, 0.717) is 18.8 Å². The highest BCUT2D eigenvalue weighted by Gasteiger charge is 2.15. The maximum atomic E-state index is 12.4. The van der Waals surface area contributed by atoms with Crippen LogP contribution in [-0.4, -0.2) is 16.9 Å². The number of nitrogens with two attached hydrogens (primary N) is 2. The molecule has 2 aromatic carbocycles. The minimum Gasteiger partial charge on any atom is -0.384 e. The fourth-order valence-electron chi connectivity index (χ4n) is 2.91. The average Bonchev–Trinajstić information content (AvgIpc) is 2.61. The zero-order chi connectivity index (χ0) is 17.8. The summed E-state index contributed by atoms with van der Waals surface area (Å²) < 4.78 is 0. The molecule has 0 aliphatic rings. The summed E-state index contributed by atoms with van der Waals surface area (Å²) in [7, 11) is 0. The van der Waals surface area contributed by atoms with Crippen LogP contribution in [-0.2, 0) is 17.8 Å². The molecule has 0 aliphatic heterocycles. The Morgan fingerprint density at radius 1 is 1.04 bits per heavy atom. The molecule has 0 aliphatic carbocycles. The minimum atomic E-state index is -0.604. The first kappa shape index (κ1) is 22.7. The molecular formula is C20H24Cl2N4O. The van der Waals surface area contributed by atoms with Crippen molar-refractivity contribution in [2.24, 2.45) is 5.73 Å². The summed E-state index contributed by atoms with van der Waals surface area (Å²) >= 11 is 0. The van der Waals surface area contributed by atoms with Gasteiger partial charge in [0, 0.05) is 12.2 Å². The van der Waals surface area contributed by atoms with Gasteiger partial charge in [0.25, 0.3) is 0 Å². The van der Waals surface area contributed by atoms with E-state index in [1.54, 1.807) is 6.07 Å². The number of nitrogens with one attached hydrogen (secondary N) is 1. The maximum Gasteiger partial charge on any atom is 0.237 e. The van der Waals surface area contributed by atoms with E-state index < -0.39 is 6.04 Å². The van der Waals surface area contributed by atoms with Crippen LogP contribution < -0.4 is 16.8 Å². The molecule has 7 heteroatoms. The van der Waals surface area contributed by atoms with Gasteiger partial charge in [-0.15, -0.1) is 24.8 Å². The Morgan fingerprint density at radius 3 is 2.48 bits per heavy atom. The number of aromatic nitrogens is 1. The summed E-state index contributed by atoms with van der Waals surface area (Å²) in [6, 6.07) is 17.2. The van der Waals surface area contributed by atoms with Crippen molar-refractivity contribution in [3.63, 3.8) is 0 Å². The van der Waals surface area contributed by atoms with E-state index in [4.69, 9.17) is 11.5 Å². The number of carbonyl (C=O) groups excluding carboxylic acids is 1. The first-order valence-electron chi connectivity index (χ1n) is 8.26. The molecule has 5 nitrogen and oxygen atoms in total. The number of halogens is 2. The molecule has 144 valence electrons. The first-order valence-corrected chi connectivity index (χ1v) is 8.26. The zero-order valence-electron chi connectivity index (χ0n) is 15.0. The van der Waals surface area contributed by atoms with Gasteiger partial charge in [-0.1, -0.05) is 48.5 Å². The largest absolute Gasteiger partial charge is 0.384 e. The van der Waals surface area contributed by atoms with E-state index in [1.165, 1.54) is 0 Å². The van der Waals surface area contributed by atoms with Crippen LogP contribution >= 0.6 is 24.8 Å². The number of nitrogen functional groups attached to an aromatic ring is 1. The highest BCUT2D eigenvalue weighted by atomic mass is 35.5. The average molecular weight is 407 g/mol. The van der Waals surface area contributed by atoms with Crippen molar-refractivity contribution in [2.75, 3.05) is 5.73 Å². The van der Waals surface area contributed by atoms with Crippen LogP contribution in [0.3, 0.4) is 0 Å². The predicted molar refractivity (Wildman–Crippen MR) is 115 cm³/mol. The number of pyridine rings is 1. The van der Waals surface area contributed by atoms with Crippen LogP contribution in [0.4, 0.5) is 5.82 Å². The summed E-state index contributed by atoms with van der Waals surface area (Å²) in [5, 5.41) is 5.16. The Morgan fingerprint density at radius 2 is 1.74 bits per heavy atom. The minimum absolute atomic E-state index is 0. The maximum absolute atomic E-state index is 12.4. The Bertz CT molecular complexity index is 912. The molecule has 0 unspecified atom stereocenters. The monoisotopic (exact) mass is 406 g/mol. The van der Waals surface area contributed by atoms with E-state index in [0.717, 1.165) is 27.6 Å². The fraction of sp³-hybridized carbons (Fsp3) is 0.200. The molecule has 0 spiro atoms. The summed E-state index contributed by atoms with van der Waals surface area (Å²) in [6.07, 6.45) is 0.492. The van der Waals surface area contributed by atoms with E-state index in [-0.39, 0.29) is 30.7 Å². The lowest BCUT2D eigenvalue weighted by Crippen LogP contribution is -2.41. The number of hydrogen-bond donors (Lipinski definition) is 3. The third-order valence-corrected chi connectivity index (χ3v) is 4.33. The summed E-state index contributed by atoms with van der Waals surface area (Å²) in [6.45, 7) is 2.26. The molecule has 0 saturated carbocycles. The number of rotatable bonds is 5. The van der Waals surface area contributed by atoms with Crippen LogP contribution in [0, 0.1) is 6.92 Å². The molecule has 0 saturated heterocycles. The summed E-state index contributed by atoms with van der Waals surface area (Å²) in [4.78, 5) is 16.5. The molecular weight excluding hydrogens is 383 g/mol. The summed E-state index contributed by atoms with van der Waals surface area (Å²) in [5.74, 6) is 0.296. The van der Waals surface area contributed by atoms with Gasteiger partial charge >= 0.3 is 0 Å². The molecule has 1 amide bonds. The van der Waals surface area contributed by atoms with Gasteiger partial charge in [0.2, 0.25) is 5.91 Å². The molecule has 1 atom stereocenters. The third kappa shape index (κ3) is 5.57. The Labute approximate surface area is 171 Å². The number of aryl methyl sites for hydroxylation is 1. The van der Waals surface area contributed by atoms with E-state index in [9.17, 15) is 4.79 Å². The lowest BCUT2D eigenvalue weighted by atomic mass is 9.99. The van der Waals surface area contributed by atoms with Crippen LogP contribution in [0.15, 0.2) is 54.6 Å². The quantitative estimate of drug-likeness (QED) is 0.606.